The molecule has 0 saturated carbocycles. The molecule has 1 unspecified atom stereocenters. The van der Waals surface area contributed by atoms with Gasteiger partial charge in [-0.3, -0.25) is 19.3 Å². The van der Waals surface area contributed by atoms with Gasteiger partial charge in [-0.05, 0) is 32.1 Å². The molecular formula is C36H61N3O14. The summed E-state index contributed by atoms with van der Waals surface area (Å²) < 4.78 is 54.6. The van der Waals surface area contributed by atoms with Crippen molar-refractivity contribution in [1.29, 1.82) is 0 Å². The summed E-state index contributed by atoms with van der Waals surface area (Å²) in [5.74, 6) is -1.05. The van der Waals surface area contributed by atoms with Gasteiger partial charge in [0.2, 0.25) is 5.91 Å². The summed E-state index contributed by atoms with van der Waals surface area (Å²) in [6, 6.07) is 0. The van der Waals surface area contributed by atoms with Gasteiger partial charge >= 0.3 is 6.09 Å². The predicted molar refractivity (Wildman–Crippen MR) is 191 cm³/mol. The third kappa shape index (κ3) is 27.3. The number of nitrogens with zero attached hydrogens (tertiary/aromatic N) is 1. The molecule has 17 heteroatoms. The molecule has 0 aromatic heterocycles. The number of amides is 4. The van der Waals surface area contributed by atoms with Crippen LogP contribution in [-0.4, -0.2) is 173 Å². The van der Waals surface area contributed by atoms with Crippen molar-refractivity contribution >= 4 is 23.8 Å². The topological polar surface area (TPSA) is 188 Å². The number of hydrogen-bond acceptors (Lipinski definition) is 14. The van der Waals surface area contributed by atoms with Crippen LogP contribution in [0.3, 0.4) is 0 Å². The van der Waals surface area contributed by atoms with Crippen molar-refractivity contribution in [1.82, 2.24) is 15.5 Å². The van der Waals surface area contributed by atoms with Crippen LogP contribution in [0.2, 0.25) is 0 Å². The van der Waals surface area contributed by atoms with Gasteiger partial charge in [0.15, 0.2) is 0 Å². The van der Waals surface area contributed by atoms with E-state index in [0.29, 0.717) is 132 Å². The van der Waals surface area contributed by atoms with Crippen LogP contribution in [0.1, 0.15) is 38.5 Å². The largest absolute Gasteiger partial charge is 0.446 e. The van der Waals surface area contributed by atoms with E-state index in [9.17, 15) is 19.2 Å². The molecule has 0 spiro atoms. The normalized spacial score (nSPS) is 15.8. The summed E-state index contributed by atoms with van der Waals surface area (Å²) >= 11 is 0. The summed E-state index contributed by atoms with van der Waals surface area (Å²) in [7, 11) is 0. The molecular weight excluding hydrogens is 698 g/mol. The Morgan fingerprint density at radius 2 is 0.943 bits per heavy atom. The summed E-state index contributed by atoms with van der Waals surface area (Å²) in [5, 5.41) is 5.41. The number of allylic oxidation sites excluding steroid dienone is 2. The third-order valence-corrected chi connectivity index (χ3v) is 7.52. The fourth-order valence-corrected chi connectivity index (χ4v) is 4.74. The van der Waals surface area contributed by atoms with Crippen molar-refractivity contribution < 1.29 is 66.5 Å². The highest BCUT2D eigenvalue weighted by molar-refractivity contribution is 6.13. The maximum atomic E-state index is 11.9. The average Bonchev–Trinajstić information content (AvgIpc) is 3.46. The van der Waals surface area contributed by atoms with Crippen molar-refractivity contribution in [3.63, 3.8) is 0 Å². The standard InChI is InChI=1S/C36H61N3O14/c40-33(10-13-39-34(41)8-9-35(39)42)37-11-14-44-16-18-46-20-22-48-24-26-50-28-30-52-31-29-51-27-25-49-23-21-47-19-17-45-15-12-38-36(43)53-32-6-4-2-1-3-5-7-32/h1-2,8-9,32H,3-7,10-31H2,(H,37,40)(H,38,43). The van der Waals surface area contributed by atoms with Crippen LogP contribution < -0.4 is 10.6 Å². The Balaban J connectivity index is 1.17. The minimum atomic E-state index is -0.399. The fraction of sp³-hybridized carbons (Fsp3) is 0.778. The molecule has 2 N–H and O–H groups in total. The van der Waals surface area contributed by atoms with Gasteiger partial charge in [0.05, 0.1) is 119 Å². The zero-order valence-electron chi connectivity index (χ0n) is 31.1. The van der Waals surface area contributed by atoms with Gasteiger partial charge < -0.3 is 58.0 Å². The number of alkyl carbamates (subject to hydrolysis) is 1. The number of carbonyl (C=O) groups excluding carboxylic acids is 4. The first-order chi connectivity index (χ1) is 26.1. The second-order valence-electron chi connectivity index (χ2n) is 11.7. The Bertz CT molecular complexity index is 1010. The van der Waals surface area contributed by atoms with Crippen molar-refractivity contribution in [2.24, 2.45) is 0 Å². The van der Waals surface area contributed by atoms with E-state index in [0.717, 1.165) is 37.0 Å². The molecule has 0 bridgehead atoms. The zero-order chi connectivity index (χ0) is 37.9. The maximum absolute atomic E-state index is 11.9. The monoisotopic (exact) mass is 759 g/mol. The molecule has 53 heavy (non-hydrogen) atoms. The molecule has 0 radical (unpaired) electrons. The first-order valence-electron chi connectivity index (χ1n) is 18.7. The van der Waals surface area contributed by atoms with E-state index in [1.165, 1.54) is 12.2 Å². The number of hydrogen-bond donors (Lipinski definition) is 2. The van der Waals surface area contributed by atoms with Crippen molar-refractivity contribution in [2.75, 3.05) is 139 Å². The Hall–Kier alpha value is -3.00. The van der Waals surface area contributed by atoms with E-state index in [1.54, 1.807) is 0 Å². The number of rotatable bonds is 34. The summed E-state index contributed by atoms with van der Waals surface area (Å²) in [6.45, 7) is 8.71. The minimum absolute atomic E-state index is 0.0162. The molecule has 1 heterocycles. The lowest BCUT2D eigenvalue weighted by Gasteiger charge is -2.18. The maximum Gasteiger partial charge on any atom is 0.407 e. The molecule has 2 aliphatic rings. The summed E-state index contributed by atoms with van der Waals surface area (Å²) in [4.78, 5) is 47.6. The van der Waals surface area contributed by atoms with Gasteiger partial charge in [-0.25, -0.2) is 4.79 Å². The lowest BCUT2D eigenvalue weighted by atomic mass is 10.0. The second kappa shape index (κ2) is 33.6. The number of ether oxygens (including phenoxy) is 10. The number of imide groups is 1. The third-order valence-electron chi connectivity index (χ3n) is 7.52. The molecule has 0 saturated heterocycles. The number of nitrogens with one attached hydrogen (secondary N) is 2. The van der Waals surface area contributed by atoms with Crippen LogP contribution in [0.5, 0.6) is 0 Å². The lowest BCUT2D eigenvalue weighted by Crippen LogP contribution is -2.35. The highest BCUT2D eigenvalue weighted by Crippen LogP contribution is 2.15. The fourth-order valence-electron chi connectivity index (χ4n) is 4.74. The van der Waals surface area contributed by atoms with Crippen molar-refractivity contribution in [2.45, 2.75) is 44.6 Å². The van der Waals surface area contributed by atoms with E-state index < -0.39 is 11.8 Å². The van der Waals surface area contributed by atoms with Crippen LogP contribution >= 0.6 is 0 Å². The average molecular weight is 760 g/mol. The van der Waals surface area contributed by atoms with Crippen LogP contribution in [0.15, 0.2) is 24.3 Å². The van der Waals surface area contributed by atoms with E-state index in [4.69, 9.17) is 47.4 Å². The van der Waals surface area contributed by atoms with Gasteiger partial charge in [-0.15, -0.1) is 0 Å². The van der Waals surface area contributed by atoms with Crippen molar-refractivity contribution in [3.05, 3.63) is 24.3 Å². The Morgan fingerprint density at radius 3 is 1.40 bits per heavy atom. The van der Waals surface area contributed by atoms with E-state index in [-0.39, 0.29) is 31.1 Å². The van der Waals surface area contributed by atoms with Gasteiger partial charge in [-0.2, -0.15) is 0 Å². The highest BCUT2D eigenvalue weighted by Gasteiger charge is 2.23. The lowest BCUT2D eigenvalue weighted by molar-refractivity contribution is -0.137. The first-order valence-corrected chi connectivity index (χ1v) is 18.7. The minimum Gasteiger partial charge on any atom is -0.446 e. The van der Waals surface area contributed by atoms with E-state index in [2.05, 4.69) is 22.8 Å². The molecule has 1 aliphatic heterocycles. The van der Waals surface area contributed by atoms with Crippen molar-refractivity contribution in [3.8, 4) is 0 Å². The molecule has 1 aliphatic carbocycles. The predicted octanol–water partition coefficient (Wildman–Crippen LogP) is 1.18. The smallest absolute Gasteiger partial charge is 0.407 e. The number of carbonyl (C=O) groups is 4. The summed E-state index contributed by atoms with van der Waals surface area (Å²) in [6.07, 6.45) is 11.2. The van der Waals surface area contributed by atoms with E-state index >= 15 is 0 Å². The first kappa shape index (κ1) is 46.2. The van der Waals surface area contributed by atoms with Gasteiger partial charge in [0, 0.05) is 38.2 Å². The van der Waals surface area contributed by atoms with Crippen LogP contribution in [0, 0.1) is 0 Å². The van der Waals surface area contributed by atoms with Crippen LogP contribution in [-0.2, 0) is 61.8 Å². The molecule has 304 valence electrons. The molecule has 0 fully saturated rings. The molecule has 2 rings (SSSR count). The zero-order valence-corrected chi connectivity index (χ0v) is 31.1. The second-order valence-corrected chi connectivity index (χ2v) is 11.7. The molecule has 0 aromatic carbocycles. The van der Waals surface area contributed by atoms with Crippen LogP contribution in [0.25, 0.3) is 0 Å². The van der Waals surface area contributed by atoms with Gasteiger partial charge in [0.1, 0.15) is 6.10 Å². The highest BCUT2D eigenvalue weighted by atomic mass is 16.6. The molecule has 4 amide bonds. The quantitative estimate of drug-likeness (QED) is 0.0541. The molecule has 1 atom stereocenters. The summed E-state index contributed by atoms with van der Waals surface area (Å²) in [5.41, 5.74) is 0. The SMILES string of the molecule is O=C(CCN1C(=O)C=CC1=O)NCCOCCOCCOCCOCCOCCOCCOCCOCCOCCNC(=O)OC1CCC=CCCC1. The van der Waals surface area contributed by atoms with Gasteiger partial charge in [-0.1, -0.05) is 12.2 Å². The van der Waals surface area contributed by atoms with Gasteiger partial charge in [0.25, 0.3) is 11.8 Å². The Kier molecular flexibility index (Phi) is 29.2. The molecule has 17 nitrogen and oxygen atoms in total. The van der Waals surface area contributed by atoms with E-state index in [1.807, 2.05) is 0 Å². The van der Waals surface area contributed by atoms with Crippen LogP contribution in [0.4, 0.5) is 4.79 Å². The molecule has 0 aromatic rings. The Morgan fingerprint density at radius 1 is 0.547 bits per heavy atom. The Labute approximate surface area is 313 Å².